The zero-order chi connectivity index (χ0) is 15.4. The third-order valence-electron chi connectivity index (χ3n) is 2.54. The van der Waals surface area contributed by atoms with Crippen molar-refractivity contribution in [2.45, 2.75) is 0 Å². The van der Waals surface area contributed by atoms with E-state index in [1.807, 2.05) is 0 Å². The first-order valence-electron chi connectivity index (χ1n) is 5.77. The van der Waals surface area contributed by atoms with Gasteiger partial charge in [0.15, 0.2) is 0 Å². The number of phenols is 1. The number of benzene rings is 1. The summed E-state index contributed by atoms with van der Waals surface area (Å²) in [7, 11) is 0. The van der Waals surface area contributed by atoms with Gasteiger partial charge in [-0.25, -0.2) is 9.97 Å². The number of hydrogen-bond acceptors (Lipinski definition) is 5. The molecule has 0 spiro atoms. The van der Waals surface area contributed by atoms with Crippen LogP contribution in [0.1, 0.15) is 10.5 Å². The van der Waals surface area contributed by atoms with Gasteiger partial charge < -0.3 is 10.2 Å². The van der Waals surface area contributed by atoms with Gasteiger partial charge in [-0.2, -0.15) is 0 Å². The van der Waals surface area contributed by atoms with Gasteiger partial charge in [0.2, 0.25) is 0 Å². The molecule has 0 aliphatic carbocycles. The molecule has 2 N–H and O–H groups in total. The highest BCUT2D eigenvalue weighted by atomic mass is 35.5. The van der Waals surface area contributed by atoms with Gasteiger partial charge in [0.1, 0.15) is 23.1 Å². The van der Waals surface area contributed by atoms with Crippen molar-refractivity contribution in [3.8, 4) is 5.75 Å². The molecule has 0 aliphatic rings. The average Bonchev–Trinajstić information content (AvgIpc) is 2.46. The van der Waals surface area contributed by atoms with Crippen LogP contribution in [0.5, 0.6) is 5.75 Å². The maximum atomic E-state index is 12.3. The van der Waals surface area contributed by atoms with E-state index >= 15 is 0 Å². The molecule has 2 rings (SSSR count). The number of hydrogen-bond donors (Lipinski definition) is 2. The molecule has 0 fully saturated rings. The molecule has 0 atom stereocenters. The highest BCUT2D eigenvalue weighted by Crippen LogP contribution is 2.20. The summed E-state index contributed by atoms with van der Waals surface area (Å²) in [5, 5.41) is 18.3. The molecular weight excluding hydrogens is 298 g/mol. The van der Waals surface area contributed by atoms with E-state index in [9.17, 15) is 14.7 Å². The van der Waals surface area contributed by atoms with Crippen molar-refractivity contribution in [1.29, 1.82) is 0 Å². The lowest BCUT2D eigenvalue weighted by Gasteiger charge is -2.20. The molecule has 1 aromatic heterocycles. The monoisotopic (exact) mass is 307 g/mol. The Balaban J connectivity index is 2.35. The van der Waals surface area contributed by atoms with Crippen molar-refractivity contribution in [2.24, 2.45) is 0 Å². The summed E-state index contributed by atoms with van der Waals surface area (Å²) in [6.07, 6.45) is 2.37. The Morgan fingerprint density at radius 3 is 2.33 bits per heavy atom. The van der Waals surface area contributed by atoms with Crippen LogP contribution in [0.4, 0.5) is 5.69 Å². The molecule has 0 aliphatic heterocycles. The predicted molar refractivity (Wildman–Crippen MR) is 74.5 cm³/mol. The summed E-state index contributed by atoms with van der Waals surface area (Å²) in [6, 6.07) is 5.56. The van der Waals surface area contributed by atoms with Gasteiger partial charge in [0.25, 0.3) is 5.91 Å². The maximum absolute atomic E-state index is 12.3. The second-order valence-corrected chi connectivity index (χ2v) is 4.41. The molecule has 0 unspecified atom stereocenters. The second kappa shape index (κ2) is 6.19. The molecule has 0 saturated heterocycles. The van der Waals surface area contributed by atoms with Gasteiger partial charge in [0.05, 0.1) is 12.4 Å². The molecule has 0 radical (unpaired) electrons. The molecule has 108 valence electrons. The largest absolute Gasteiger partial charge is 0.508 e. The molecule has 8 heteroatoms. The van der Waals surface area contributed by atoms with Crippen LogP contribution in [0.15, 0.2) is 36.7 Å². The average molecular weight is 308 g/mol. The smallest absolute Gasteiger partial charge is 0.323 e. The van der Waals surface area contributed by atoms with Crippen molar-refractivity contribution in [3.05, 3.63) is 47.5 Å². The number of aromatic nitrogens is 2. The van der Waals surface area contributed by atoms with Crippen LogP contribution in [0, 0.1) is 0 Å². The van der Waals surface area contributed by atoms with E-state index in [1.54, 1.807) is 0 Å². The number of aliphatic carboxylic acids is 1. The van der Waals surface area contributed by atoms with Gasteiger partial charge in [-0.05, 0) is 24.3 Å². The van der Waals surface area contributed by atoms with Crippen LogP contribution >= 0.6 is 11.6 Å². The fraction of sp³-hybridized carbons (Fsp3) is 0.0769. The summed E-state index contributed by atoms with van der Waals surface area (Å²) in [5.41, 5.74) is 0.283. The van der Waals surface area contributed by atoms with E-state index in [2.05, 4.69) is 9.97 Å². The minimum absolute atomic E-state index is 0.00718. The van der Waals surface area contributed by atoms with Crippen LogP contribution in [-0.4, -0.2) is 38.6 Å². The number of aromatic hydroxyl groups is 1. The number of carbonyl (C=O) groups excluding carboxylic acids is 1. The van der Waals surface area contributed by atoms with E-state index in [4.69, 9.17) is 16.7 Å². The summed E-state index contributed by atoms with van der Waals surface area (Å²) >= 11 is 5.59. The molecule has 2 aromatic rings. The minimum atomic E-state index is -1.18. The van der Waals surface area contributed by atoms with E-state index in [0.29, 0.717) is 5.69 Å². The lowest BCUT2D eigenvalue weighted by Crippen LogP contribution is -2.36. The molecule has 1 aromatic carbocycles. The Hall–Kier alpha value is -2.67. The number of nitrogens with zero attached hydrogens (tertiary/aromatic N) is 3. The number of rotatable bonds is 4. The molecular formula is C13H10ClN3O4. The van der Waals surface area contributed by atoms with E-state index in [0.717, 1.165) is 4.90 Å². The number of carboxylic acid groups (broad SMARTS) is 1. The Bertz CT molecular complexity index is 658. The zero-order valence-electron chi connectivity index (χ0n) is 10.6. The fourth-order valence-electron chi connectivity index (χ4n) is 1.61. The van der Waals surface area contributed by atoms with Crippen LogP contribution < -0.4 is 4.90 Å². The number of carbonyl (C=O) groups is 2. The lowest BCUT2D eigenvalue weighted by molar-refractivity contribution is -0.135. The summed E-state index contributed by atoms with van der Waals surface area (Å²) in [5.74, 6) is -1.81. The van der Waals surface area contributed by atoms with Crippen molar-refractivity contribution in [1.82, 2.24) is 9.97 Å². The first-order chi connectivity index (χ1) is 9.97. The van der Waals surface area contributed by atoms with Gasteiger partial charge in [-0.15, -0.1) is 0 Å². The molecule has 1 amide bonds. The predicted octanol–water partition coefficient (Wildman–Crippen LogP) is 1.57. The summed E-state index contributed by atoms with van der Waals surface area (Å²) in [6.45, 7) is -0.548. The maximum Gasteiger partial charge on any atom is 0.323 e. The number of halogens is 1. The summed E-state index contributed by atoms with van der Waals surface area (Å²) < 4.78 is 0. The van der Waals surface area contributed by atoms with Crippen LogP contribution in [-0.2, 0) is 4.79 Å². The third kappa shape index (κ3) is 3.67. The number of amides is 1. The quantitative estimate of drug-likeness (QED) is 0.888. The first-order valence-corrected chi connectivity index (χ1v) is 6.15. The Labute approximate surface area is 124 Å². The van der Waals surface area contributed by atoms with Crippen molar-refractivity contribution >= 4 is 29.2 Å². The van der Waals surface area contributed by atoms with E-state index < -0.39 is 18.4 Å². The molecule has 1 heterocycles. The van der Waals surface area contributed by atoms with Gasteiger partial charge in [-0.1, -0.05) is 11.6 Å². The highest BCUT2D eigenvalue weighted by molar-refractivity contribution is 6.29. The fourth-order valence-corrected chi connectivity index (χ4v) is 1.71. The molecule has 21 heavy (non-hydrogen) atoms. The first kappa shape index (κ1) is 14.7. The number of phenolic OH excluding ortho intramolecular Hbond substituents is 1. The number of carboxylic acids is 1. The van der Waals surface area contributed by atoms with E-state index in [1.165, 1.54) is 36.7 Å². The minimum Gasteiger partial charge on any atom is -0.508 e. The van der Waals surface area contributed by atoms with Gasteiger partial charge in [0, 0.05) is 5.69 Å². The molecule has 7 nitrogen and oxygen atoms in total. The number of anilines is 1. The van der Waals surface area contributed by atoms with Gasteiger partial charge in [-0.3, -0.25) is 14.5 Å². The van der Waals surface area contributed by atoms with Crippen molar-refractivity contribution in [2.75, 3.05) is 11.4 Å². The topological polar surface area (TPSA) is 104 Å². The Morgan fingerprint density at radius 2 is 1.81 bits per heavy atom. The summed E-state index contributed by atoms with van der Waals surface area (Å²) in [4.78, 5) is 31.8. The van der Waals surface area contributed by atoms with Gasteiger partial charge >= 0.3 is 5.97 Å². The van der Waals surface area contributed by atoms with E-state index in [-0.39, 0.29) is 16.6 Å². The Kier molecular flexibility index (Phi) is 4.34. The van der Waals surface area contributed by atoms with Crippen LogP contribution in [0.25, 0.3) is 0 Å². The van der Waals surface area contributed by atoms with Crippen molar-refractivity contribution < 1.29 is 19.8 Å². The second-order valence-electron chi connectivity index (χ2n) is 4.03. The van der Waals surface area contributed by atoms with Crippen LogP contribution in [0.3, 0.4) is 0 Å². The SMILES string of the molecule is O=C(O)CN(C(=O)c1cnc(Cl)cn1)c1ccc(O)cc1. The zero-order valence-corrected chi connectivity index (χ0v) is 11.4. The highest BCUT2D eigenvalue weighted by Gasteiger charge is 2.21. The lowest BCUT2D eigenvalue weighted by atomic mass is 10.2. The molecule has 0 saturated carbocycles. The van der Waals surface area contributed by atoms with Crippen molar-refractivity contribution in [3.63, 3.8) is 0 Å². The Morgan fingerprint density at radius 1 is 1.14 bits per heavy atom. The molecule has 0 bridgehead atoms. The normalized spacial score (nSPS) is 10.1. The van der Waals surface area contributed by atoms with Crippen LogP contribution in [0.2, 0.25) is 5.15 Å². The standard InChI is InChI=1S/C13H10ClN3O4/c14-11-6-15-10(5-16-11)13(21)17(7-12(19)20)8-1-3-9(18)4-2-8/h1-6,18H,7H2,(H,19,20). The third-order valence-corrected chi connectivity index (χ3v) is 2.73.